The third kappa shape index (κ3) is 3.98. The van der Waals surface area contributed by atoms with Gasteiger partial charge in [0.2, 0.25) is 11.7 Å². The van der Waals surface area contributed by atoms with Crippen LogP contribution in [0.25, 0.3) is 11.0 Å². The molecule has 0 bridgehead atoms. The number of carbonyl (C=O) groups is 1. The maximum atomic E-state index is 14.0. The molecule has 2 N–H and O–H groups in total. The number of hydrogen-bond acceptors (Lipinski definition) is 7. The normalized spacial score (nSPS) is 14.6. The average Bonchev–Trinajstić information content (AvgIpc) is 3.29. The summed E-state index contributed by atoms with van der Waals surface area (Å²) in [4.78, 5) is 18.8. The first-order valence-corrected chi connectivity index (χ1v) is 11.7. The Labute approximate surface area is 214 Å². The molecular formula is C28H28N4O5. The van der Waals surface area contributed by atoms with Crippen LogP contribution in [0.5, 0.6) is 23.0 Å². The number of methoxy groups -OCH3 is 4. The molecule has 4 aromatic rings. The highest BCUT2D eigenvalue weighted by molar-refractivity contribution is 6.07. The Morgan fingerprint density at radius 1 is 0.865 bits per heavy atom. The second-order valence-corrected chi connectivity index (χ2v) is 8.44. The number of carbonyl (C=O) groups excluding carboxylic acids is 1. The Morgan fingerprint density at radius 2 is 1.57 bits per heavy atom. The van der Waals surface area contributed by atoms with E-state index in [0.717, 1.165) is 16.6 Å². The molecule has 0 aliphatic carbocycles. The van der Waals surface area contributed by atoms with Gasteiger partial charge in [0.15, 0.2) is 11.5 Å². The van der Waals surface area contributed by atoms with Crippen LogP contribution in [0.3, 0.4) is 0 Å². The highest BCUT2D eigenvalue weighted by Gasteiger charge is 2.37. The van der Waals surface area contributed by atoms with Gasteiger partial charge in [-0.1, -0.05) is 24.3 Å². The molecule has 1 amide bonds. The maximum Gasteiger partial charge on any atom is 0.255 e. The fourth-order valence-electron chi connectivity index (χ4n) is 4.83. The van der Waals surface area contributed by atoms with E-state index in [1.807, 2.05) is 60.0 Å². The standard InChI is InChI=1S/C28H28N4O5/c1-16-23(27(33)30-19-11-7-9-13-21(19)34-2)24(17-14-15-22(35-3)26(37-5)25(17)36-4)32-20-12-8-6-10-18(20)31-28(32)29-16/h6-15,24H,1-5H3,(H,29,31)(H,30,33). The predicted molar refractivity (Wildman–Crippen MR) is 142 cm³/mol. The molecule has 1 unspecified atom stereocenters. The lowest BCUT2D eigenvalue weighted by Crippen LogP contribution is -2.31. The molecule has 3 aromatic carbocycles. The van der Waals surface area contributed by atoms with E-state index in [1.54, 1.807) is 40.6 Å². The van der Waals surface area contributed by atoms with Gasteiger partial charge in [-0.25, -0.2) is 4.98 Å². The van der Waals surface area contributed by atoms with Crippen molar-refractivity contribution in [3.05, 3.63) is 77.5 Å². The van der Waals surface area contributed by atoms with Crippen molar-refractivity contribution in [3.63, 3.8) is 0 Å². The minimum absolute atomic E-state index is 0.292. The summed E-state index contributed by atoms with van der Waals surface area (Å²) in [5, 5.41) is 6.35. The summed E-state index contributed by atoms with van der Waals surface area (Å²) in [5.41, 5.74) is 4.10. The minimum atomic E-state index is -0.590. The second kappa shape index (κ2) is 9.77. The van der Waals surface area contributed by atoms with Gasteiger partial charge >= 0.3 is 0 Å². The van der Waals surface area contributed by atoms with Crippen LogP contribution >= 0.6 is 0 Å². The average molecular weight is 501 g/mol. The molecule has 37 heavy (non-hydrogen) atoms. The van der Waals surface area contributed by atoms with Gasteiger partial charge in [-0.2, -0.15) is 0 Å². The van der Waals surface area contributed by atoms with Crippen molar-refractivity contribution in [1.82, 2.24) is 9.55 Å². The number of allylic oxidation sites excluding steroid dienone is 1. The van der Waals surface area contributed by atoms with Crippen molar-refractivity contribution >= 4 is 28.6 Å². The van der Waals surface area contributed by atoms with Gasteiger partial charge in [-0.05, 0) is 43.3 Å². The summed E-state index contributed by atoms with van der Waals surface area (Å²) in [7, 11) is 6.26. The molecule has 1 atom stereocenters. The highest BCUT2D eigenvalue weighted by Crippen LogP contribution is 2.48. The second-order valence-electron chi connectivity index (χ2n) is 8.44. The van der Waals surface area contributed by atoms with Crippen molar-refractivity contribution in [1.29, 1.82) is 0 Å². The molecule has 0 fully saturated rings. The van der Waals surface area contributed by atoms with Crippen LogP contribution in [0.4, 0.5) is 11.6 Å². The number of nitrogens with one attached hydrogen (secondary N) is 2. The van der Waals surface area contributed by atoms with E-state index in [2.05, 4.69) is 10.6 Å². The molecule has 0 saturated carbocycles. The van der Waals surface area contributed by atoms with E-state index in [0.29, 0.717) is 45.9 Å². The molecule has 0 spiro atoms. The van der Waals surface area contributed by atoms with Crippen LogP contribution in [0.15, 0.2) is 71.9 Å². The molecule has 1 aliphatic heterocycles. The van der Waals surface area contributed by atoms with Crippen molar-refractivity contribution in [2.75, 3.05) is 39.1 Å². The van der Waals surface area contributed by atoms with Crippen molar-refractivity contribution in [2.45, 2.75) is 13.0 Å². The summed E-state index contributed by atoms with van der Waals surface area (Å²) < 4.78 is 24.5. The maximum absolute atomic E-state index is 14.0. The molecule has 2 heterocycles. The van der Waals surface area contributed by atoms with E-state index in [1.165, 1.54) is 0 Å². The van der Waals surface area contributed by atoms with Crippen LogP contribution in [-0.2, 0) is 4.79 Å². The number of para-hydroxylation sites is 4. The number of nitrogens with zero attached hydrogens (tertiary/aromatic N) is 2. The Morgan fingerprint density at radius 3 is 2.30 bits per heavy atom. The molecule has 0 radical (unpaired) electrons. The smallest absolute Gasteiger partial charge is 0.255 e. The lowest BCUT2D eigenvalue weighted by molar-refractivity contribution is -0.113. The summed E-state index contributed by atoms with van der Waals surface area (Å²) in [6, 6.07) is 18.2. The molecule has 9 nitrogen and oxygen atoms in total. The number of amides is 1. The highest BCUT2D eigenvalue weighted by atomic mass is 16.5. The van der Waals surface area contributed by atoms with Gasteiger partial charge in [-0.15, -0.1) is 0 Å². The number of aromatic nitrogens is 2. The van der Waals surface area contributed by atoms with Crippen LogP contribution < -0.4 is 29.6 Å². The lowest BCUT2D eigenvalue weighted by atomic mass is 9.93. The number of benzene rings is 3. The van der Waals surface area contributed by atoms with E-state index in [-0.39, 0.29) is 5.91 Å². The van der Waals surface area contributed by atoms with Gasteiger partial charge in [0.05, 0.1) is 56.8 Å². The Balaban J connectivity index is 1.74. The summed E-state index contributed by atoms with van der Waals surface area (Å²) in [6.07, 6.45) is 0. The Kier molecular flexibility index (Phi) is 6.35. The predicted octanol–water partition coefficient (Wildman–Crippen LogP) is 5.00. The fraction of sp³-hybridized carbons (Fsp3) is 0.214. The van der Waals surface area contributed by atoms with Gasteiger partial charge in [-0.3, -0.25) is 9.36 Å². The van der Waals surface area contributed by atoms with E-state index >= 15 is 0 Å². The lowest BCUT2D eigenvalue weighted by Gasteiger charge is -2.32. The molecule has 5 rings (SSSR count). The zero-order valence-corrected chi connectivity index (χ0v) is 21.3. The topological polar surface area (TPSA) is 95.9 Å². The molecule has 1 aliphatic rings. The first-order chi connectivity index (χ1) is 18.0. The third-order valence-electron chi connectivity index (χ3n) is 6.46. The largest absolute Gasteiger partial charge is 0.495 e. The zero-order chi connectivity index (χ0) is 26.1. The first kappa shape index (κ1) is 24.1. The number of rotatable bonds is 7. The quantitative estimate of drug-likeness (QED) is 0.369. The number of anilines is 2. The van der Waals surface area contributed by atoms with Crippen molar-refractivity contribution in [2.24, 2.45) is 0 Å². The Hall–Kier alpha value is -4.66. The number of fused-ring (bicyclic) bond motifs is 3. The van der Waals surface area contributed by atoms with Crippen molar-refractivity contribution < 1.29 is 23.7 Å². The van der Waals surface area contributed by atoms with Gasteiger partial charge < -0.3 is 29.6 Å². The molecule has 9 heteroatoms. The van der Waals surface area contributed by atoms with E-state index < -0.39 is 6.04 Å². The van der Waals surface area contributed by atoms with Crippen LogP contribution in [-0.4, -0.2) is 43.9 Å². The minimum Gasteiger partial charge on any atom is -0.495 e. The van der Waals surface area contributed by atoms with E-state index in [9.17, 15) is 4.79 Å². The molecule has 190 valence electrons. The third-order valence-corrected chi connectivity index (χ3v) is 6.46. The Bertz CT molecular complexity index is 1520. The number of imidazole rings is 1. The zero-order valence-electron chi connectivity index (χ0n) is 21.3. The van der Waals surface area contributed by atoms with Crippen LogP contribution in [0.2, 0.25) is 0 Å². The molecule has 0 saturated heterocycles. The van der Waals surface area contributed by atoms with Crippen LogP contribution in [0.1, 0.15) is 18.5 Å². The summed E-state index contributed by atoms with van der Waals surface area (Å²) >= 11 is 0. The SMILES string of the molecule is COc1ccccc1NC(=O)C1=C(C)Nc2nc3ccccc3n2C1c1ccc(OC)c(OC)c1OC. The number of ether oxygens (including phenoxy) is 4. The van der Waals surface area contributed by atoms with E-state index in [4.69, 9.17) is 23.9 Å². The molecule has 1 aromatic heterocycles. The monoisotopic (exact) mass is 500 g/mol. The summed E-state index contributed by atoms with van der Waals surface area (Å²) in [6.45, 7) is 1.86. The van der Waals surface area contributed by atoms with Gasteiger partial charge in [0.1, 0.15) is 5.75 Å². The number of hydrogen-bond donors (Lipinski definition) is 2. The van der Waals surface area contributed by atoms with Crippen LogP contribution in [0, 0.1) is 0 Å². The van der Waals surface area contributed by atoms with Gasteiger partial charge in [0.25, 0.3) is 5.91 Å². The molecular weight excluding hydrogens is 472 g/mol. The first-order valence-electron chi connectivity index (χ1n) is 11.7. The fourth-order valence-corrected chi connectivity index (χ4v) is 4.83. The van der Waals surface area contributed by atoms with Gasteiger partial charge in [0, 0.05) is 11.3 Å². The van der Waals surface area contributed by atoms with Crippen molar-refractivity contribution in [3.8, 4) is 23.0 Å². The summed E-state index contributed by atoms with van der Waals surface area (Å²) in [5.74, 6) is 2.32.